The second kappa shape index (κ2) is 11.5. The molecule has 0 saturated heterocycles. The number of nitrogens with one attached hydrogen (secondary N) is 1. The molecule has 40 heavy (non-hydrogen) atoms. The van der Waals surface area contributed by atoms with Crippen LogP contribution in [0.5, 0.6) is 0 Å². The fourth-order valence-electron chi connectivity index (χ4n) is 4.29. The van der Waals surface area contributed by atoms with Crippen molar-refractivity contribution in [3.63, 3.8) is 0 Å². The molecule has 0 aliphatic heterocycles. The van der Waals surface area contributed by atoms with E-state index in [1.807, 2.05) is 0 Å². The van der Waals surface area contributed by atoms with Gasteiger partial charge in [0.1, 0.15) is 10.2 Å². The highest BCUT2D eigenvalue weighted by atomic mass is 35.5. The number of benzene rings is 3. The van der Waals surface area contributed by atoms with E-state index in [1.54, 1.807) is 12.1 Å². The molecule has 0 radical (unpaired) electrons. The molecular formula is C27H16Cl5F4NO3. The van der Waals surface area contributed by atoms with Crippen LogP contribution < -0.4 is 5.32 Å². The first-order chi connectivity index (χ1) is 18.6. The highest BCUT2D eigenvalue weighted by molar-refractivity contribution is 6.53. The SMILES string of the molecule is O=C(Cc1ccc(F)c(CC(=O)C(F)(F)F)c1)c1cc(NC(=O)[C@H]2[C@H](c3cc(Cl)cc(Cl)c3)C2(Cl)Cl)ccc1Cl. The van der Waals surface area contributed by atoms with E-state index < -0.39 is 57.6 Å². The first-order valence-corrected chi connectivity index (χ1v) is 13.3. The third kappa shape index (κ3) is 6.74. The van der Waals surface area contributed by atoms with Gasteiger partial charge in [-0.05, 0) is 59.2 Å². The molecule has 0 heterocycles. The van der Waals surface area contributed by atoms with Crippen molar-refractivity contribution >= 4 is 81.2 Å². The zero-order chi connectivity index (χ0) is 29.6. The Hall–Kier alpha value is -2.36. The summed E-state index contributed by atoms with van der Waals surface area (Å²) in [6, 6.07) is 12.0. The smallest absolute Gasteiger partial charge is 0.326 e. The van der Waals surface area contributed by atoms with Crippen molar-refractivity contribution in [2.75, 3.05) is 5.32 Å². The van der Waals surface area contributed by atoms with Crippen LogP contribution in [0.15, 0.2) is 54.6 Å². The van der Waals surface area contributed by atoms with Crippen LogP contribution in [0.3, 0.4) is 0 Å². The summed E-state index contributed by atoms with van der Waals surface area (Å²) in [5, 5.41) is 3.38. The van der Waals surface area contributed by atoms with Crippen molar-refractivity contribution in [1.29, 1.82) is 0 Å². The zero-order valence-corrected chi connectivity index (χ0v) is 23.7. The van der Waals surface area contributed by atoms with Gasteiger partial charge in [0, 0.05) is 40.1 Å². The Kier molecular flexibility index (Phi) is 8.79. The average Bonchev–Trinajstić information content (AvgIpc) is 3.43. The Morgan fingerprint density at radius 3 is 2.15 bits per heavy atom. The molecule has 0 unspecified atom stereocenters. The predicted molar refractivity (Wildman–Crippen MR) is 146 cm³/mol. The van der Waals surface area contributed by atoms with Crippen molar-refractivity contribution in [1.82, 2.24) is 0 Å². The van der Waals surface area contributed by atoms with Gasteiger partial charge in [-0.3, -0.25) is 14.4 Å². The minimum absolute atomic E-state index is 0.00584. The van der Waals surface area contributed by atoms with Crippen LogP contribution in [0.4, 0.5) is 23.2 Å². The first-order valence-electron chi connectivity index (χ1n) is 11.4. The van der Waals surface area contributed by atoms with E-state index in [-0.39, 0.29) is 28.3 Å². The second-order valence-electron chi connectivity index (χ2n) is 9.14. The van der Waals surface area contributed by atoms with E-state index in [9.17, 15) is 31.9 Å². The summed E-state index contributed by atoms with van der Waals surface area (Å²) < 4.78 is 50.4. The first kappa shape index (κ1) is 30.6. The molecule has 13 heteroatoms. The normalized spacial score (nSPS) is 17.8. The van der Waals surface area contributed by atoms with Gasteiger partial charge in [-0.15, -0.1) is 23.2 Å². The summed E-state index contributed by atoms with van der Waals surface area (Å²) in [5.74, 6) is -5.69. The molecule has 2 atom stereocenters. The Morgan fingerprint density at radius 2 is 1.52 bits per heavy atom. The molecule has 1 aliphatic rings. The van der Waals surface area contributed by atoms with Gasteiger partial charge in [0.05, 0.1) is 10.9 Å². The Morgan fingerprint density at radius 1 is 0.875 bits per heavy atom. The van der Waals surface area contributed by atoms with Crippen LogP contribution in [0.2, 0.25) is 15.1 Å². The molecule has 210 valence electrons. The number of hydrogen-bond donors (Lipinski definition) is 1. The maximum absolute atomic E-state index is 14.0. The van der Waals surface area contributed by atoms with Gasteiger partial charge >= 0.3 is 6.18 Å². The summed E-state index contributed by atoms with van der Waals surface area (Å²) in [6.45, 7) is 0. The molecule has 4 nitrogen and oxygen atoms in total. The van der Waals surface area contributed by atoms with Crippen molar-refractivity contribution in [2.24, 2.45) is 5.92 Å². The standard InChI is InChI=1S/C27H16Cl5F4NO3/c28-15-7-14(8-16(29)10-15)23-24(26(23,31)32)25(40)37-17-2-3-19(30)18(11-17)21(38)6-12-1-4-20(33)13(5-12)9-22(39)27(34,35)36/h1-5,7-8,10-11,23-24H,6,9H2,(H,37,40)/t23-,24+/m0/s1. The molecule has 1 N–H and O–H groups in total. The highest BCUT2D eigenvalue weighted by Gasteiger charge is 2.67. The molecule has 0 aromatic heterocycles. The zero-order valence-electron chi connectivity index (χ0n) is 19.9. The predicted octanol–water partition coefficient (Wildman–Crippen LogP) is 8.41. The number of alkyl halides is 5. The average molecular weight is 656 g/mol. The fraction of sp³-hybridized carbons (Fsp3) is 0.222. The molecule has 3 aromatic rings. The maximum Gasteiger partial charge on any atom is 0.450 e. The van der Waals surface area contributed by atoms with E-state index in [4.69, 9.17) is 58.0 Å². The van der Waals surface area contributed by atoms with Gasteiger partial charge < -0.3 is 5.32 Å². The van der Waals surface area contributed by atoms with Crippen LogP contribution in [-0.2, 0) is 22.4 Å². The summed E-state index contributed by atoms with van der Waals surface area (Å²) >= 11 is 31.1. The van der Waals surface area contributed by atoms with Crippen LogP contribution in [0.25, 0.3) is 0 Å². The molecule has 1 amide bonds. The second-order valence-corrected chi connectivity index (χ2v) is 11.9. The lowest BCUT2D eigenvalue weighted by Crippen LogP contribution is -2.25. The van der Waals surface area contributed by atoms with Crippen LogP contribution in [-0.4, -0.2) is 28.0 Å². The molecule has 1 fully saturated rings. The van der Waals surface area contributed by atoms with Crippen molar-refractivity contribution in [3.05, 3.63) is 97.7 Å². The highest BCUT2D eigenvalue weighted by Crippen LogP contribution is 2.65. The summed E-state index contributed by atoms with van der Waals surface area (Å²) in [5.41, 5.74) is 0.438. The van der Waals surface area contributed by atoms with Gasteiger partial charge in [-0.2, -0.15) is 13.2 Å². The van der Waals surface area contributed by atoms with E-state index in [2.05, 4.69) is 5.32 Å². The molecule has 1 aliphatic carbocycles. The minimum Gasteiger partial charge on any atom is -0.326 e. The molecular weight excluding hydrogens is 640 g/mol. The van der Waals surface area contributed by atoms with Crippen molar-refractivity contribution in [3.8, 4) is 0 Å². The number of anilines is 1. The number of hydrogen-bond acceptors (Lipinski definition) is 3. The van der Waals surface area contributed by atoms with Gasteiger partial charge in [-0.25, -0.2) is 4.39 Å². The summed E-state index contributed by atoms with van der Waals surface area (Å²) in [7, 11) is 0. The van der Waals surface area contributed by atoms with Crippen LogP contribution >= 0.6 is 58.0 Å². The number of amides is 1. The largest absolute Gasteiger partial charge is 0.450 e. The number of ketones is 2. The number of Topliss-reactive ketones (excluding diaryl/α,β-unsaturated/α-hetero) is 2. The number of halogens is 9. The Balaban J connectivity index is 1.49. The fourth-order valence-corrected chi connectivity index (χ4v) is 5.88. The topological polar surface area (TPSA) is 63.2 Å². The number of rotatable bonds is 8. The van der Waals surface area contributed by atoms with Crippen LogP contribution in [0, 0.1) is 11.7 Å². The Labute approximate surface area is 250 Å². The van der Waals surface area contributed by atoms with Crippen molar-refractivity contribution in [2.45, 2.75) is 29.3 Å². The lowest BCUT2D eigenvalue weighted by molar-refractivity contribution is -0.170. The summed E-state index contributed by atoms with van der Waals surface area (Å²) in [6.07, 6.45) is -6.69. The summed E-state index contributed by atoms with van der Waals surface area (Å²) in [4.78, 5) is 37.3. The monoisotopic (exact) mass is 653 g/mol. The lowest BCUT2D eigenvalue weighted by Gasteiger charge is -2.11. The van der Waals surface area contributed by atoms with E-state index >= 15 is 0 Å². The molecule has 3 aromatic carbocycles. The lowest BCUT2D eigenvalue weighted by atomic mass is 9.98. The van der Waals surface area contributed by atoms with E-state index in [0.717, 1.165) is 12.1 Å². The van der Waals surface area contributed by atoms with E-state index in [1.165, 1.54) is 30.3 Å². The van der Waals surface area contributed by atoms with Gasteiger partial charge in [-0.1, -0.05) is 46.9 Å². The van der Waals surface area contributed by atoms with Gasteiger partial charge in [0.2, 0.25) is 11.7 Å². The Bertz CT molecular complexity index is 1510. The molecule has 1 saturated carbocycles. The number of carbonyl (C=O) groups is 3. The minimum atomic E-state index is -5.12. The number of carbonyl (C=O) groups excluding carboxylic acids is 3. The molecule has 0 bridgehead atoms. The third-order valence-electron chi connectivity index (χ3n) is 6.26. The van der Waals surface area contributed by atoms with Gasteiger partial charge in [0.25, 0.3) is 0 Å². The molecule has 4 rings (SSSR count). The molecule has 0 spiro atoms. The van der Waals surface area contributed by atoms with Crippen LogP contribution in [0.1, 0.15) is 33.0 Å². The maximum atomic E-state index is 14.0. The quantitative estimate of drug-likeness (QED) is 0.151. The van der Waals surface area contributed by atoms with E-state index in [0.29, 0.717) is 15.6 Å². The van der Waals surface area contributed by atoms with Gasteiger partial charge in [0.15, 0.2) is 5.78 Å². The van der Waals surface area contributed by atoms with Crippen molar-refractivity contribution < 1.29 is 31.9 Å². The third-order valence-corrected chi connectivity index (χ3v) is 7.96.